The Kier molecular flexibility index (Phi) is 7.25. The van der Waals surface area contributed by atoms with Crippen LogP contribution in [0.4, 0.5) is 0 Å². The van der Waals surface area contributed by atoms with E-state index >= 15 is 0 Å². The minimum atomic E-state index is 0.653. The van der Waals surface area contributed by atoms with Gasteiger partial charge in [-0.05, 0) is 31.4 Å². The van der Waals surface area contributed by atoms with Crippen molar-refractivity contribution in [3.8, 4) is 0 Å². The minimum Gasteiger partial charge on any atom is -0.299 e. The van der Waals surface area contributed by atoms with Gasteiger partial charge in [-0.3, -0.25) is 4.79 Å². The Bertz CT molecular complexity index is 311. The van der Waals surface area contributed by atoms with Gasteiger partial charge < -0.3 is 0 Å². The van der Waals surface area contributed by atoms with E-state index in [4.69, 9.17) is 0 Å². The quantitative estimate of drug-likeness (QED) is 0.528. The molecule has 0 amide bonds. The van der Waals surface area contributed by atoms with Crippen molar-refractivity contribution in [3.63, 3.8) is 0 Å². The SMILES string of the molecule is CC=CC=O.Cc1cccc(C(C)C)c1. The molecule has 0 aliphatic carbocycles. The lowest BCUT2D eigenvalue weighted by molar-refractivity contribution is -0.104. The van der Waals surface area contributed by atoms with Gasteiger partial charge in [0.2, 0.25) is 0 Å². The van der Waals surface area contributed by atoms with Crippen molar-refractivity contribution in [2.75, 3.05) is 0 Å². The highest BCUT2D eigenvalue weighted by atomic mass is 16.1. The normalized spacial score (nSPS) is 9.93. The monoisotopic (exact) mass is 204 g/mol. The van der Waals surface area contributed by atoms with Crippen LogP contribution in [0.25, 0.3) is 0 Å². The second-order valence-corrected chi connectivity index (χ2v) is 3.73. The molecule has 0 aliphatic rings. The lowest BCUT2D eigenvalue weighted by Crippen LogP contribution is -1.86. The van der Waals surface area contributed by atoms with Crippen LogP contribution in [-0.2, 0) is 4.79 Å². The van der Waals surface area contributed by atoms with E-state index in [-0.39, 0.29) is 0 Å². The Labute approximate surface area is 92.8 Å². The van der Waals surface area contributed by atoms with Gasteiger partial charge in [0.1, 0.15) is 6.29 Å². The maximum absolute atomic E-state index is 9.32. The highest BCUT2D eigenvalue weighted by Crippen LogP contribution is 2.14. The number of carbonyl (C=O) groups excluding carboxylic acids is 1. The lowest BCUT2D eigenvalue weighted by atomic mass is 10.0. The predicted molar refractivity (Wildman–Crippen MR) is 66.1 cm³/mol. The number of carbonyl (C=O) groups is 1. The summed E-state index contributed by atoms with van der Waals surface area (Å²) in [5.41, 5.74) is 2.78. The Balaban J connectivity index is 0.000000336. The molecule has 1 heteroatoms. The maximum atomic E-state index is 9.32. The Morgan fingerprint density at radius 3 is 2.20 bits per heavy atom. The smallest absolute Gasteiger partial charge is 0.142 e. The number of benzene rings is 1. The van der Waals surface area contributed by atoms with Gasteiger partial charge in [0.15, 0.2) is 0 Å². The van der Waals surface area contributed by atoms with Crippen molar-refractivity contribution in [2.24, 2.45) is 0 Å². The summed E-state index contributed by atoms with van der Waals surface area (Å²) in [4.78, 5) is 9.32. The molecule has 82 valence electrons. The molecule has 0 spiro atoms. The van der Waals surface area contributed by atoms with Crippen LogP contribution in [0.3, 0.4) is 0 Å². The van der Waals surface area contributed by atoms with Crippen LogP contribution >= 0.6 is 0 Å². The van der Waals surface area contributed by atoms with Crippen LogP contribution in [0, 0.1) is 6.92 Å². The third-order valence-electron chi connectivity index (χ3n) is 1.98. The van der Waals surface area contributed by atoms with E-state index in [2.05, 4.69) is 45.0 Å². The zero-order chi connectivity index (χ0) is 11.7. The summed E-state index contributed by atoms with van der Waals surface area (Å²) in [5, 5.41) is 0. The fourth-order valence-corrected chi connectivity index (χ4v) is 1.11. The highest BCUT2D eigenvalue weighted by Gasteiger charge is 1.96. The Hall–Kier alpha value is -1.37. The summed E-state index contributed by atoms with van der Waals surface area (Å²) in [5.74, 6) is 0.653. The van der Waals surface area contributed by atoms with Crippen LogP contribution in [0.5, 0.6) is 0 Å². The highest BCUT2D eigenvalue weighted by molar-refractivity contribution is 5.64. The molecule has 1 rings (SSSR count). The molecule has 0 radical (unpaired) electrons. The first kappa shape index (κ1) is 13.6. The number of hydrogen-bond donors (Lipinski definition) is 0. The molecular weight excluding hydrogens is 184 g/mol. The van der Waals surface area contributed by atoms with Gasteiger partial charge in [-0.1, -0.05) is 49.8 Å². The van der Waals surface area contributed by atoms with E-state index in [1.54, 1.807) is 13.0 Å². The van der Waals surface area contributed by atoms with E-state index in [0.29, 0.717) is 5.92 Å². The third kappa shape index (κ3) is 6.67. The number of aryl methyl sites for hydroxylation is 1. The summed E-state index contributed by atoms with van der Waals surface area (Å²) < 4.78 is 0. The van der Waals surface area contributed by atoms with Crippen molar-refractivity contribution in [2.45, 2.75) is 33.6 Å². The molecule has 1 aromatic rings. The van der Waals surface area contributed by atoms with E-state index in [1.165, 1.54) is 17.2 Å². The number of rotatable bonds is 2. The fourth-order valence-electron chi connectivity index (χ4n) is 1.11. The molecule has 0 aromatic heterocycles. The average Bonchev–Trinajstić information content (AvgIpc) is 2.20. The lowest BCUT2D eigenvalue weighted by Gasteiger charge is -2.04. The van der Waals surface area contributed by atoms with Crippen LogP contribution < -0.4 is 0 Å². The van der Waals surface area contributed by atoms with Gasteiger partial charge in [0.25, 0.3) is 0 Å². The van der Waals surface area contributed by atoms with Crippen LogP contribution in [0.1, 0.15) is 37.8 Å². The molecule has 15 heavy (non-hydrogen) atoms. The zero-order valence-electron chi connectivity index (χ0n) is 10.0. The molecule has 0 fully saturated rings. The summed E-state index contributed by atoms with van der Waals surface area (Å²) in [6.07, 6.45) is 3.88. The van der Waals surface area contributed by atoms with Crippen LogP contribution in [0.15, 0.2) is 36.4 Å². The van der Waals surface area contributed by atoms with E-state index in [9.17, 15) is 4.79 Å². The molecule has 1 nitrogen and oxygen atoms in total. The van der Waals surface area contributed by atoms with Crippen molar-refractivity contribution >= 4 is 6.29 Å². The number of allylic oxidation sites excluding steroid dienone is 2. The molecule has 0 N–H and O–H groups in total. The predicted octanol–water partition coefficient (Wildman–Crippen LogP) is 3.88. The summed E-state index contributed by atoms with van der Waals surface area (Å²) in [7, 11) is 0. The van der Waals surface area contributed by atoms with E-state index < -0.39 is 0 Å². The first-order valence-corrected chi connectivity index (χ1v) is 5.24. The molecule has 0 bridgehead atoms. The summed E-state index contributed by atoms with van der Waals surface area (Å²) >= 11 is 0. The topological polar surface area (TPSA) is 17.1 Å². The standard InChI is InChI=1S/C10H14.C4H6O/c1-8(2)10-6-4-5-9(3)7-10;1-2-3-4-5/h4-8H,1-3H3;2-4H,1H3. The minimum absolute atomic E-state index is 0.653. The Morgan fingerprint density at radius 2 is 1.93 bits per heavy atom. The Morgan fingerprint density at radius 1 is 1.27 bits per heavy atom. The first-order valence-electron chi connectivity index (χ1n) is 5.24. The number of aldehydes is 1. The van der Waals surface area contributed by atoms with Crippen molar-refractivity contribution in [1.29, 1.82) is 0 Å². The molecule has 0 saturated heterocycles. The first-order chi connectivity index (χ1) is 7.11. The molecule has 0 atom stereocenters. The summed E-state index contributed by atoms with van der Waals surface area (Å²) in [6.45, 7) is 8.36. The van der Waals surface area contributed by atoms with Crippen molar-refractivity contribution < 1.29 is 4.79 Å². The average molecular weight is 204 g/mol. The second kappa shape index (κ2) is 7.98. The molecule has 0 heterocycles. The number of hydrogen-bond acceptors (Lipinski definition) is 1. The van der Waals surface area contributed by atoms with Gasteiger partial charge in [-0.15, -0.1) is 0 Å². The third-order valence-corrected chi connectivity index (χ3v) is 1.98. The van der Waals surface area contributed by atoms with Crippen molar-refractivity contribution in [3.05, 3.63) is 47.5 Å². The van der Waals surface area contributed by atoms with Crippen molar-refractivity contribution in [1.82, 2.24) is 0 Å². The van der Waals surface area contributed by atoms with Gasteiger partial charge in [-0.25, -0.2) is 0 Å². The van der Waals surface area contributed by atoms with Crippen LogP contribution in [-0.4, -0.2) is 6.29 Å². The molecule has 0 aliphatic heterocycles. The van der Waals surface area contributed by atoms with Gasteiger partial charge in [-0.2, -0.15) is 0 Å². The summed E-state index contributed by atoms with van der Waals surface area (Å²) in [6, 6.07) is 8.67. The molecule has 1 aromatic carbocycles. The van der Waals surface area contributed by atoms with E-state index in [0.717, 1.165) is 6.29 Å². The van der Waals surface area contributed by atoms with Crippen LogP contribution in [0.2, 0.25) is 0 Å². The zero-order valence-corrected chi connectivity index (χ0v) is 10.0. The molecular formula is C14H20O. The molecule has 0 saturated carbocycles. The van der Waals surface area contributed by atoms with Gasteiger partial charge in [0, 0.05) is 0 Å². The largest absolute Gasteiger partial charge is 0.299 e. The fraction of sp³-hybridized carbons (Fsp3) is 0.357. The van der Waals surface area contributed by atoms with Gasteiger partial charge in [0.05, 0.1) is 0 Å². The second-order valence-electron chi connectivity index (χ2n) is 3.73. The van der Waals surface area contributed by atoms with E-state index in [1.807, 2.05) is 0 Å². The molecule has 0 unspecified atom stereocenters. The maximum Gasteiger partial charge on any atom is 0.142 e. The van der Waals surface area contributed by atoms with Gasteiger partial charge >= 0.3 is 0 Å².